The van der Waals surface area contributed by atoms with Gasteiger partial charge in [-0.15, -0.1) is 0 Å². The van der Waals surface area contributed by atoms with Gasteiger partial charge in [0.15, 0.2) is 6.61 Å². The summed E-state index contributed by atoms with van der Waals surface area (Å²) >= 11 is 0. The fourth-order valence-corrected chi connectivity index (χ4v) is 3.19. The lowest BCUT2D eigenvalue weighted by Gasteiger charge is -2.20. The van der Waals surface area contributed by atoms with Gasteiger partial charge in [-0.25, -0.2) is 8.42 Å². The Bertz CT molecular complexity index is 644. The first-order chi connectivity index (χ1) is 11.3. The first-order valence-electron chi connectivity index (χ1n) is 7.78. The molecular formula is C16H24N2O5S. The lowest BCUT2D eigenvalue weighted by Crippen LogP contribution is -2.46. The van der Waals surface area contributed by atoms with Crippen LogP contribution in [0.4, 0.5) is 0 Å². The number of carbonyl (C=O) groups excluding carboxylic acids is 2. The Morgan fingerprint density at radius 1 is 1.17 bits per heavy atom. The molecule has 0 heterocycles. The molecule has 1 aromatic carbocycles. The minimum absolute atomic E-state index is 0.0594. The van der Waals surface area contributed by atoms with Crippen molar-refractivity contribution in [3.8, 4) is 0 Å². The number of ether oxygens (including phenoxy) is 1. The SMILES string of the molecule is CCCNC(=O)COC(=O)[C@@H](NS(=O)(=O)c1ccccc1)C(C)C. The first-order valence-corrected chi connectivity index (χ1v) is 9.27. The van der Waals surface area contributed by atoms with Gasteiger partial charge in [0.2, 0.25) is 10.0 Å². The molecule has 1 amide bonds. The summed E-state index contributed by atoms with van der Waals surface area (Å²) in [6, 6.07) is 6.67. The molecule has 1 rings (SSSR count). The molecule has 0 aliphatic carbocycles. The fraction of sp³-hybridized carbons (Fsp3) is 0.500. The third-order valence-corrected chi connectivity index (χ3v) is 4.63. The molecule has 8 heteroatoms. The quantitative estimate of drug-likeness (QED) is 0.644. The van der Waals surface area contributed by atoms with Crippen molar-refractivity contribution in [3.05, 3.63) is 30.3 Å². The molecule has 1 aromatic rings. The van der Waals surface area contributed by atoms with Crippen LogP contribution in [0.5, 0.6) is 0 Å². The third-order valence-electron chi connectivity index (χ3n) is 3.17. The summed E-state index contributed by atoms with van der Waals surface area (Å²) in [4.78, 5) is 23.7. The van der Waals surface area contributed by atoms with Crippen LogP contribution in [0.3, 0.4) is 0 Å². The number of hydrogen-bond acceptors (Lipinski definition) is 5. The number of sulfonamides is 1. The van der Waals surface area contributed by atoms with Gasteiger partial charge in [0.05, 0.1) is 4.90 Å². The molecular weight excluding hydrogens is 332 g/mol. The van der Waals surface area contributed by atoms with Crippen LogP contribution < -0.4 is 10.0 Å². The van der Waals surface area contributed by atoms with Crippen LogP contribution in [0.15, 0.2) is 35.2 Å². The number of nitrogens with one attached hydrogen (secondary N) is 2. The van der Waals surface area contributed by atoms with Crippen LogP contribution in [0.2, 0.25) is 0 Å². The highest BCUT2D eigenvalue weighted by molar-refractivity contribution is 7.89. The van der Waals surface area contributed by atoms with Crippen molar-refractivity contribution in [1.29, 1.82) is 0 Å². The van der Waals surface area contributed by atoms with Crippen molar-refractivity contribution < 1.29 is 22.7 Å². The van der Waals surface area contributed by atoms with Gasteiger partial charge in [-0.05, 0) is 24.5 Å². The zero-order valence-corrected chi connectivity index (χ0v) is 14.9. The van der Waals surface area contributed by atoms with E-state index >= 15 is 0 Å². The molecule has 0 bridgehead atoms. The van der Waals surface area contributed by atoms with Crippen LogP contribution in [-0.2, 0) is 24.3 Å². The van der Waals surface area contributed by atoms with E-state index in [0.717, 1.165) is 6.42 Å². The summed E-state index contributed by atoms with van der Waals surface area (Å²) in [7, 11) is -3.85. The van der Waals surface area contributed by atoms with E-state index in [9.17, 15) is 18.0 Å². The molecule has 24 heavy (non-hydrogen) atoms. The summed E-state index contributed by atoms with van der Waals surface area (Å²) in [5.74, 6) is -1.54. The number of amides is 1. The Labute approximate surface area is 142 Å². The van der Waals surface area contributed by atoms with E-state index in [0.29, 0.717) is 6.54 Å². The van der Waals surface area contributed by atoms with Crippen molar-refractivity contribution in [1.82, 2.24) is 10.0 Å². The molecule has 0 aliphatic rings. The smallest absolute Gasteiger partial charge is 0.324 e. The zero-order chi connectivity index (χ0) is 18.2. The average molecular weight is 356 g/mol. The minimum Gasteiger partial charge on any atom is -0.454 e. The topological polar surface area (TPSA) is 102 Å². The Morgan fingerprint density at radius 2 is 1.79 bits per heavy atom. The third kappa shape index (κ3) is 6.29. The van der Waals surface area contributed by atoms with Crippen LogP contribution >= 0.6 is 0 Å². The second-order valence-electron chi connectivity index (χ2n) is 5.61. The predicted molar refractivity (Wildman–Crippen MR) is 89.6 cm³/mol. The number of rotatable bonds is 9. The van der Waals surface area contributed by atoms with E-state index < -0.39 is 34.5 Å². The first kappa shape index (κ1) is 20.1. The second-order valence-corrected chi connectivity index (χ2v) is 7.33. The normalized spacial score (nSPS) is 12.7. The van der Waals surface area contributed by atoms with E-state index in [1.54, 1.807) is 32.0 Å². The van der Waals surface area contributed by atoms with Crippen molar-refractivity contribution in [3.63, 3.8) is 0 Å². The van der Waals surface area contributed by atoms with Gasteiger partial charge in [0.1, 0.15) is 6.04 Å². The average Bonchev–Trinajstić information content (AvgIpc) is 2.56. The Balaban J connectivity index is 2.73. The van der Waals surface area contributed by atoms with E-state index in [4.69, 9.17) is 4.74 Å². The van der Waals surface area contributed by atoms with Gasteiger partial charge in [-0.2, -0.15) is 4.72 Å². The van der Waals surface area contributed by atoms with Crippen molar-refractivity contribution in [2.45, 2.75) is 38.1 Å². The van der Waals surface area contributed by atoms with Gasteiger partial charge < -0.3 is 10.1 Å². The molecule has 0 aliphatic heterocycles. The minimum atomic E-state index is -3.85. The molecule has 1 atom stereocenters. The molecule has 0 fully saturated rings. The van der Waals surface area contributed by atoms with Crippen LogP contribution in [0, 0.1) is 5.92 Å². The van der Waals surface area contributed by atoms with E-state index in [1.807, 2.05) is 6.92 Å². The summed E-state index contributed by atoms with van der Waals surface area (Å²) in [5, 5.41) is 2.58. The number of benzene rings is 1. The van der Waals surface area contributed by atoms with E-state index in [2.05, 4.69) is 10.0 Å². The molecule has 0 radical (unpaired) electrons. The van der Waals surface area contributed by atoms with Crippen LogP contribution in [0.25, 0.3) is 0 Å². The maximum absolute atomic E-state index is 12.3. The summed E-state index contributed by atoms with van der Waals surface area (Å²) in [6.07, 6.45) is 0.769. The highest BCUT2D eigenvalue weighted by Gasteiger charge is 2.29. The number of esters is 1. The molecule has 2 N–H and O–H groups in total. The van der Waals surface area contributed by atoms with Crippen LogP contribution in [0.1, 0.15) is 27.2 Å². The molecule has 0 unspecified atom stereocenters. The summed E-state index contributed by atoms with van der Waals surface area (Å²) < 4.78 is 31.9. The highest BCUT2D eigenvalue weighted by atomic mass is 32.2. The predicted octanol–water partition coefficient (Wildman–Crippen LogP) is 1.06. The maximum Gasteiger partial charge on any atom is 0.324 e. The Morgan fingerprint density at radius 3 is 2.33 bits per heavy atom. The maximum atomic E-state index is 12.3. The van der Waals surface area contributed by atoms with Gasteiger partial charge in [0.25, 0.3) is 5.91 Å². The molecule has 0 spiro atoms. The molecule has 0 saturated carbocycles. The standard InChI is InChI=1S/C16H24N2O5S/c1-4-10-17-14(19)11-23-16(20)15(12(2)3)18-24(21,22)13-8-6-5-7-9-13/h5-9,12,15,18H,4,10-11H2,1-3H3,(H,17,19)/t15-/m0/s1. The van der Waals surface area contributed by atoms with Crippen molar-refractivity contribution in [2.75, 3.05) is 13.2 Å². The monoisotopic (exact) mass is 356 g/mol. The molecule has 0 saturated heterocycles. The van der Waals surface area contributed by atoms with Crippen molar-refractivity contribution >= 4 is 21.9 Å². The fourth-order valence-electron chi connectivity index (χ4n) is 1.83. The largest absolute Gasteiger partial charge is 0.454 e. The summed E-state index contributed by atoms with van der Waals surface area (Å²) in [6.45, 7) is 5.34. The summed E-state index contributed by atoms with van der Waals surface area (Å²) in [5.41, 5.74) is 0. The van der Waals surface area contributed by atoms with Crippen LogP contribution in [-0.4, -0.2) is 39.5 Å². The highest BCUT2D eigenvalue weighted by Crippen LogP contribution is 2.12. The van der Waals surface area contributed by atoms with E-state index in [1.165, 1.54) is 12.1 Å². The van der Waals surface area contributed by atoms with E-state index in [-0.39, 0.29) is 10.8 Å². The molecule has 134 valence electrons. The van der Waals surface area contributed by atoms with Gasteiger partial charge >= 0.3 is 5.97 Å². The lowest BCUT2D eigenvalue weighted by molar-refractivity contribution is -0.151. The second kappa shape index (κ2) is 9.39. The number of hydrogen-bond donors (Lipinski definition) is 2. The number of carbonyl (C=O) groups is 2. The lowest BCUT2D eigenvalue weighted by atomic mass is 10.1. The Hall–Kier alpha value is -1.93. The van der Waals surface area contributed by atoms with Gasteiger partial charge in [-0.1, -0.05) is 39.0 Å². The van der Waals surface area contributed by atoms with Gasteiger partial charge in [0, 0.05) is 6.54 Å². The zero-order valence-electron chi connectivity index (χ0n) is 14.1. The van der Waals surface area contributed by atoms with Crippen molar-refractivity contribution in [2.24, 2.45) is 5.92 Å². The molecule has 7 nitrogen and oxygen atoms in total. The Kier molecular flexibility index (Phi) is 7.87. The molecule has 0 aromatic heterocycles. The van der Waals surface area contributed by atoms with Gasteiger partial charge in [-0.3, -0.25) is 9.59 Å².